The molecular formula is C18H31N3O2S. The quantitative estimate of drug-likeness (QED) is 0.556. The summed E-state index contributed by atoms with van der Waals surface area (Å²) >= 11 is 0. The van der Waals surface area contributed by atoms with E-state index in [1.54, 1.807) is 0 Å². The lowest BCUT2D eigenvalue weighted by Gasteiger charge is -2.25. The third-order valence-corrected chi connectivity index (χ3v) is 4.84. The fraction of sp³-hybridized carbons (Fsp3) is 0.611. The van der Waals surface area contributed by atoms with E-state index in [1.807, 2.05) is 19.1 Å². The van der Waals surface area contributed by atoms with Crippen LogP contribution in [0.5, 0.6) is 0 Å². The molecule has 0 spiro atoms. The van der Waals surface area contributed by atoms with E-state index in [0.717, 1.165) is 12.5 Å². The van der Waals surface area contributed by atoms with Crippen LogP contribution in [0.1, 0.15) is 38.3 Å². The van der Waals surface area contributed by atoms with E-state index in [-0.39, 0.29) is 11.2 Å². The van der Waals surface area contributed by atoms with Gasteiger partial charge in [-0.1, -0.05) is 38.1 Å². The van der Waals surface area contributed by atoms with Gasteiger partial charge in [0.05, 0.1) is 12.3 Å². The van der Waals surface area contributed by atoms with Crippen molar-refractivity contribution in [1.82, 2.24) is 10.6 Å². The summed E-state index contributed by atoms with van der Waals surface area (Å²) in [6.07, 6.45) is 1.90. The molecule has 0 unspecified atom stereocenters. The molecule has 0 fully saturated rings. The molecule has 0 saturated carbocycles. The normalized spacial score (nSPS) is 13.0. The second-order valence-electron chi connectivity index (χ2n) is 7.02. The van der Waals surface area contributed by atoms with Gasteiger partial charge in [0.25, 0.3) is 0 Å². The van der Waals surface area contributed by atoms with Crippen molar-refractivity contribution in [3.05, 3.63) is 35.4 Å². The lowest BCUT2D eigenvalue weighted by Crippen LogP contribution is -2.42. The summed E-state index contributed by atoms with van der Waals surface area (Å²) in [5, 5.41) is 6.57. The fourth-order valence-corrected chi connectivity index (χ4v) is 3.09. The molecule has 0 heterocycles. The van der Waals surface area contributed by atoms with Crippen LogP contribution in [-0.2, 0) is 16.4 Å². The first-order valence-electron chi connectivity index (χ1n) is 8.37. The number of benzene rings is 1. The molecule has 2 N–H and O–H groups in total. The number of sulfone groups is 1. The van der Waals surface area contributed by atoms with Gasteiger partial charge < -0.3 is 10.6 Å². The molecule has 0 aliphatic carbocycles. The number of aliphatic imine (C=N–C) groups is 1. The summed E-state index contributed by atoms with van der Waals surface area (Å²) in [6.45, 7) is 10.3. The number of hydrogen-bond donors (Lipinski definition) is 2. The number of aryl methyl sites for hydroxylation is 1. The molecule has 0 amide bonds. The molecule has 0 saturated heterocycles. The maximum atomic E-state index is 11.4. The molecule has 0 radical (unpaired) electrons. The molecule has 1 rings (SSSR count). The molecule has 0 atom stereocenters. The fourth-order valence-electron chi connectivity index (χ4n) is 2.17. The van der Waals surface area contributed by atoms with E-state index < -0.39 is 9.84 Å². The van der Waals surface area contributed by atoms with Crippen LogP contribution < -0.4 is 10.6 Å². The number of nitrogens with zero attached hydrogens (tertiary/aromatic N) is 1. The van der Waals surface area contributed by atoms with Crippen molar-refractivity contribution < 1.29 is 8.42 Å². The Morgan fingerprint density at radius 1 is 1.21 bits per heavy atom. The highest BCUT2D eigenvalue weighted by Crippen LogP contribution is 2.19. The lowest BCUT2D eigenvalue weighted by molar-refractivity contribution is 0.348. The van der Waals surface area contributed by atoms with Crippen molar-refractivity contribution in [2.45, 2.75) is 40.7 Å². The van der Waals surface area contributed by atoms with Gasteiger partial charge in [0.15, 0.2) is 5.96 Å². The standard InChI is InChI=1S/C18H31N3O2S/c1-6-19-17(20-13-16-10-8-7-9-15(16)2)21-14-18(3,4)11-12-24(5,22)23/h7-10H,6,11-14H2,1-5H3,(H2,19,20,21). The Hall–Kier alpha value is -1.56. The summed E-state index contributed by atoms with van der Waals surface area (Å²) in [7, 11) is -2.93. The van der Waals surface area contributed by atoms with E-state index in [0.29, 0.717) is 19.5 Å². The summed E-state index contributed by atoms with van der Waals surface area (Å²) in [4.78, 5) is 4.63. The van der Waals surface area contributed by atoms with Gasteiger partial charge in [0, 0.05) is 19.3 Å². The van der Waals surface area contributed by atoms with Crippen LogP contribution in [0.2, 0.25) is 0 Å². The van der Waals surface area contributed by atoms with Gasteiger partial charge in [0.1, 0.15) is 9.84 Å². The van der Waals surface area contributed by atoms with E-state index >= 15 is 0 Å². The molecule has 136 valence electrons. The van der Waals surface area contributed by atoms with Crippen molar-refractivity contribution in [2.75, 3.05) is 25.1 Å². The Balaban J connectivity index is 2.65. The van der Waals surface area contributed by atoms with Crippen LogP contribution in [0.15, 0.2) is 29.3 Å². The molecule has 6 heteroatoms. The number of guanidine groups is 1. The number of nitrogens with one attached hydrogen (secondary N) is 2. The second kappa shape index (κ2) is 9.06. The van der Waals surface area contributed by atoms with E-state index in [4.69, 9.17) is 0 Å². The Kier molecular flexibility index (Phi) is 7.73. The first-order valence-corrected chi connectivity index (χ1v) is 10.4. The first-order chi connectivity index (χ1) is 11.1. The predicted molar refractivity (Wildman–Crippen MR) is 102 cm³/mol. The topological polar surface area (TPSA) is 70.6 Å². The second-order valence-corrected chi connectivity index (χ2v) is 9.28. The smallest absolute Gasteiger partial charge is 0.191 e. The van der Waals surface area contributed by atoms with Gasteiger partial charge in [-0.3, -0.25) is 0 Å². The third-order valence-electron chi connectivity index (χ3n) is 3.90. The van der Waals surface area contributed by atoms with Crippen LogP contribution in [0.3, 0.4) is 0 Å². The van der Waals surface area contributed by atoms with Gasteiger partial charge in [-0.05, 0) is 36.8 Å². The van der Waals surface area contributed by atoms with E-state index in [9.17, 15) is 8.42 Å². The van der Waals surface area contributed by atoms with Crippen molar-refractivity contribution in [3.63, 3.8) is 0 Å². The molecule has 5 nitrogen and oxygen atoms in total. The average molecular weight is 354 g/mol. The minimum Gasteiger partial charge on any atom is -0.357 e. The summed E-state index contributed by atoms with van der Waals surface area (Å²) in [6, 6.07) is 8.21. The molecule has 0 aliphatic heterocycles. The van der Waals surface area contributed by atoms with Gasteiger partial charge in [-0.2, -0.15) is 0 Å². The largest absolute Gasteiger partial charge is 0.357 e. The van der Waals surface area contributed by atoms with Crippen molar-refractivity contribution in [1.29, 1.82) is 0 Å². The zero-order valence-corrected chi connectivity index (χ0v) is 16.3. The highest BCUT2D eigenvalue weighted by Gasteiger charge is 2.20. The summed E-state index contributed by atoms with van der Waals surface area (Å²) in [5.41, 5.74) is 2.30. The highest BCUT2D eigenvalue weighted by molar-refractivity contribution is 7.90. The Morgan fingerprint density at radius 2 is 1.88 bits per heavy atom. The van der Waals surface area contributed by atoms with E-state index in [2.05, 4.69) is 48.5 Å². The molecule has 0 bridgehead atoms. The van der Waals surface area contributed by atoms with Gasteiger partial charge in [-0.25, -0.2) is 13.4 Å². The van der Waals surface area contributed by atoms with Crippen molar-refractivity contribution >= 4 is 15.8 Å². The Bertz CT molecular complexity index is 652. The number of hydrogen-bond acceptors (Lipinski definition) is 3. The lowest BCUT2D eigenvalue weighted by atomic mass is 9.90. The average Bonchev–Trinajstić information content (AvgIpc) is 2.49. The van der Waals surface area contributed by atoms with Crippen LogP contribution in [0.25, 0.3) is 0 Å². The SMILES string of the molecule is CCNC(=NCc1ccccc1C)NCC(C)(C)CCS(C)(=O)=O. The summed E-state index contributed by atoms with van der Waals surface area (Å²) in [5.74, 6) is 0.964. The first kappa shape index (κ1) is 20.5. The molecular weight excluding hydrogens is 322 g/mol. The van der Waals surface area contributed by atoms with Gasteiger partial charge in [0.2, 0.25) is 0 Å². The summed E-state index contributed by atoms with van der Waals surface area (Å²) < 4.78 is 22.7. The van der Waals surface area contributed by atoms with Crippen molar-refractivity contribution in [3.8, 4) is 0 Å². The number of rotatable bonds is 8. The zero-order chi connectivity index (χ0) is 18.2. The van der Waals surface area contributed by atoms with Crippen LogP contribution in [0.4, 0.5) is 0 Å². The molecule has 1 aromatic carbocycles. The van der Waals surface area contributed by atoms with Crippen LogP contribution in [-0.4, -0.2) is 39.5 Å². The van der Waals surface area contributed by atoms with Gasteiger partial charge in [-0.15, -0.1) is 0 Å². The Labute approximate surface area is 146 Å². The van der Waals surface area contributed by atoms with Crippen LogP contribution in [0, 0.1) is 12.3 Å². The molecule has 0 aliphatic rings. The minimum atomic E-state index is -2.93. The third kappa shape index (κ3) is 8.34. The predicted octanol–water partition coefficient (Wildman–Crippen LogP) is 2.51. The van der Waals surface area contributed by atoms with Crippen molar-refractivity contribution in [2.24, 2.45) is 10.4 Å². The van der Waals surface area contributed by atoms with E-state index in [1.165, 1.54) is 17.4 Å². The molecule has 1 aromatic rings. The van der Waals surface area contributed by atoms with Gasteiger partial charge >= 0.3 is 0 Å². The minimum absolute atomic E-state index is 0.123. The maximum Gasteiger partial charge on any atom is 0.191 e. The zero-order valence-electron chi connectivity index (χ0n) is 15.5. The highest BCUT2D eigenvalue weighted by atomic mass is 32.2. The maximum absolute atomic E-state index is 11.4. The Morgan fingerprint density at radius 3 is 2.46 bits per heavy atom. The monoisotopic (exact) mass is 353 g/mol. The molecule has 0 aromatic heterocycles. The molecule has 24 heavy (non-hydrogen) atoms. The van der Waals surface area contributed by atoms with Crippen LogP contribution >= 0.6 is 0 Å².